The zero-order valence-electron chi connectivity index (χ0n) is 10.8. The van der Waals surface area contributed by atoms with Crippen LogP contribution in [0, 0.1) is 19.7 Å². The van der Waals surface area contributed by atoms with Crippen molar-refractivity contribution in [3.05, 3.63) is 70.5 Å². The predicted octanol–water partition coefficient (Wildman–Crippen LogP) is 3.69. The quantitative estimate of drug-likeness (QED) is 0.874. The Morgan fingerprint density at radius 2 is 1.78 bits per heavy atom. The minimum Gasteiger partial charge on any atom is -0.324 e. The third-order valence-corrected chi connectivity index (χ3v) is 3.34. The van der Waals surface area contributed by atoms with E-state index in [-0.39, 0.29) is 11.9 Å². The fraction of sp³-hybridized carbons (Fsp3) is 0.250. The summed E-state index contributed by atoms with van der Waals surface area (Å²) in [5, 5.41) is 0. The van der Waals surface area contributed by atoms with Crippen LogP contribution in [0.5, 0.6) is 0 Å². The van der Waals surface area contributed by atoms with Crippen molar-refractivity contribution >= 4 is 0 Å². The van der Waals surface area contributed by atoms with E-state index in [9.17, 15) is 4.39 Å². The molecule has 0 amide bonds. The molecule has 2 heteroatoms. The highest BCUT2D eigenvalue weighted by molar-refractivity contribution is 5.33. The van der Waals surface area contributed by atoms with Gasteiger partial charge in [0.2, 0.25) is 0 Å². The number of nitrogens with two attached hydrogens (primary N) is 1. The summed E-state index contributed by atoms with van der Waals surface area (Å²) in [6.07, 6.45) is 0.733. The molecule has 2 rings (SSSR count). The lowest BCUT2D eigenvalue weighted by Gasteiger charge is -2.16. The van der Waals surface area contributed by atoms with E-state index < -0.39 is 0 Å². The highest BCUT2D eigenvalue weighted by atomic mass is 19.1. The second-order valence-electron chi connectivity index (χ2n) is 4.74. The molecule has 94 valence electrons. The van der Waals surface area contributed by atoms with Gasteiger partial charge in [-0.05, 0) is 54.7 Å². The summed E-state index contributed by atoms with van der Waals surface area (Å²) < 4.78 is 13.3. The van der Waals surface area contributed by atoms with E-state index in [1.807, 2.05) is 19.1 Å². The Kier molecular flexibility index (Phi) is 3.78. The molecule has 0 saturated heterocycles. The summed E-state index contributed by atoms with van der Waals surface area (Å²) in [6.45, 7) is 4.03. The number of hydrogen-bond donors (Lipinski definition) is 1. The van der Waals surface area contributed by atoms with E-state index in [0.717, 1.165) is 17.5 Å². The number of rotatable bonds is 3. The van der Waals surface area contributed by atoms with Gasteiger partial charge in [-0.25, -0.2) is 4.39 Å². The van der Waals surface area contributed by atoms with Crippen LogP contribution in [-0.2, 0) is 6.42 Å². The monoisotopic (exact) mass is 243 g/mol. The van der Waals surface area contributed by atoms with Crippen LogP contribution in [-0.4, -0.2) is 0 Å². The maximum atomic E-state index is 13.3. The van der Waals surface area contributed by atoms with Gasteiger partial charge < -0.3 is 5.73 Å². The molecule has 18 heavy (non-hydrogen) atoms. The van der Waals surface area contributed by atoms with E-state index in [0.29, 0.717) is 0 Å². The summed E-state index contributed by atoms with van der Waals surface area (Å²) in [4.78, 5) is 0. The number of benzene rings is 2. The standard InChI is InChI=1S/C16H18FN/c1-11-5-3-4-6-13(11)9-16(18)15-10-14(17)8-7-12(15)2/h3-8,10,16H,9,18H2,1-2H3. The van der Waals surface area contributed by atoms with Crippen LogP contribution in [0.2, 0.25) is 0 Å². The Labute approximate surface area is 107 Å². The molecule has 1 atom stereocenters. The fourth-order valence-electron chi connectivity index (χ4n) is 2.20. The first-order chi connectivity index (χ1) is 8.58. The number of hydrogen-bond acceptors (Lipinski definition) is 1. The summed E-state index contributed by atoms with van der Waals surface area (Å²) >= 11 is 0. The summed E-state index contributed by atoms with van der Waals surface area (Å²) in [5.41, 5.74) is 10.6. The van der Waals surface area contributed by atoms with Gasteiger partial charge in [-0.2, -0.15) is 0 Å². The molecule has 0 heterocycles. The maximum absolute atomic E-state index is 13.3. The van der Waals surface area contributed by atoms with Gasteiger partial charge in [0, 0.05) is 6.04 Å². The van der Waals surface area contributed by atoms with Crippen molar-refractivity contribution in [1.29, 1.82) is 0 Å². The molecule has 2 N–H and O–H groups in total. The van der Waals surface area contributed by atoms with Gasteiger partial charge in [0.05, 0.1) is 0 Å². The van der Waals surface area contributed by atoms with Crippen molar-refractivity contribution in [2.75, 3.05) is 0 Å². The molecule has 0 spiro atoms. The van der Waals surface area contributed by atoms with Gasteiger partial charge in [0.1, 0.15) is 5.82 Å². The third kappa shape index (κ3) is 2.77. The Bertz CT molecular complexity index is 549. The van der Waals surface area contributed by atoms with Gasteiger partial charge in [-0.15, -0.1) is 0 Å². The van der Waals surface area contributed by atoms with Crippen molar-refractivity contribution in [3.63, 3.8) is 0 Å². The maximum Gasteiger partial charge on any atom is 0.123 e. The molecule has 2 aromatic rings. The summed E-state index contributed by atoms with van der Waals surface area (Å²) in [6, 6.07) is 12.8. The Morgan fingerprint density at radius 3 is 2.50 bits per heavy atom. The zero-order chi connectivity index (χ0) is 13.1. The van der Waals surface area contributed by atoms with Crippen molar-refractivity contribution < 1.29 is 4.39 Å². The SMILES string of the molecule is Cc1ccccc1CC(N)c1cc(F)ccc1C. The lowest BCUT2D eigenvalue weighted by atomic mass is 9.94. The van der Waals surface area contributed by atoms with E-state index in [4.69, 9.17) is 5.73 Å². The molecule has 2 aromatic carbocycles. The summed E-state index contributed by atoms with van der Waals surface area (Å²) in [5.74, 6) is -0.226. The molecule has 0 aliphatic heterocycles. The lowest BCUT2D eigenvalue weighted by molar-refractivity contribution is 0.617. The van der Waals surface area contributed by atoms with Crippen molar-refractivity contribution in [3.8, 4) is 0 Å². The molecule has 0 aliphatic carbocycles. The van der Waals surface area contributed by atoms with Gasteiger partial charge >= 0.3 is 0 Å². The van der Waals surface area contributed by atoms with E-state index >= 15 is 0 Å². The molecular formula is C16H18FN. The van der Waals surface area contributed by atoms with Crippen LogP contribution >= 0.6 is 0 Å². The molecule has 0 aromatic heterocycles. The summed E-state index contributed by atoms with van der Waals surface area (Å²) in [7, 11) is 0. The zero-order valence-corrected chi connectivity index (χ0v) is 10.8. The molecule has 1 unspecified atom stereocenters. The third-order valence-electron chi connectivity index (χ3n) is 3.34. The molecule has 0 radical (unpaired) electrons. The molecule has 1 nitrogen and oxygen atoms in total. The molecule has 0 fully saturated rings. The lowest BCUT2D eigenvalue weighted by Crippen LogP contribution is -2.15. The van der Waals surface area contributed by atoms with E-state index in [1.165, 1.54) is 23.3 Å². The largest absolute Gasteiger partial charge is 0.324 e. The van der Waals surface area contributed by atoms with Crippen molar-refractivity contribution in [1.82, 2.24) is 0 Å². The van der Waals surface area contributed by atoms with Gasteiger partial charge in [0.15, 0.2) is 0 Å². The Morgan fingerprint density at radius 1 is 1.06 bits per heavy atom. The van der Waals surface area contributed by atoms with Gasteiger partial charge in [-0.1, -0.05) is 30.3 Å². The minimum absolute atomic E-state index is 0.165. The van der Waals surface area contributed by atoms with Crippen LogP contribution in [0.3, 0.4) is 0 Å². The van der Waals surface area contributed by atoms with E-state index in [1.54, 1.807) is 6.07 Å². The first-order valence-corrected chi connectivity index (χ1v) is 6.14. The number of halogens is 1. The molecule has 0 aliphatic rings. The average Bonchev–Trinajstić information content (AvgIpc) is 2.35. The average molecular weight is 243 g/mol. The van der Waals surface area contributed by atoms with Crippen LogP contribution in [0.4, 0.5) is 4.39 Å². The predicted molar refractivity (Wildman–Crippen MR) is 72.9 cm³/mol. The Hall–Kier alpha value is -1.67. The van der Waals surface area contributed by atoms with Crippen LogP contribution in [0.1, 0.15) is 28.3 Å². The molecule has 0 saturated carbocycles. The van der Waals surface area contributed by atoms with Crippen LogP contribution < -0.4 is 5.73 Å². The smallest absolute Gasteiger partial charge is 0.123 e. The van der Waals surface area contributed by atoms with Gasteiger partial charge in [-0.3, -0.25) is 0 Å². The first kappa shape index (κ1) is 12.8. The minimum atomic E-state index is -0.226. The van der Waals surface area contributed by atoms with Crippen molar-refractivity contribution in [2.45, 2.75) is 26.3 Å². The highest BCUT2D eigenvalue weighted by Gasteiger charge is 2.11. The fourth-order valence-corrected chi connectivity index (χ4v) is 2.20. The van der Waals surface area contributed by atoms with E-state index in [2.05, 4.69) is 19.1 Å². The van der Waals surface area contributed by atoms with Crippen LogP contribution in [0.25, 0.3) is 0 Å². The second kappa shape index (κ2) is 5.32. The first-order valence-electron chi connectivity index (χ1n) is 6.14. The number of aryl methyl sites for hydroxylation is 2. The Balaban J connectivity index is 2.25. The topological polar surface area (TPSA) is 26.0 Å². The van der Waals surface area contributed by atoms with Crippen molar-refractivity contribution in [2.24, 2.45) is 5.73 Å². The highest BCUT2D eigenvalue weighted by Crippen LogP contribution is 2.22. The molecule has 0 bridgehead atoms. The van der Waals surface area contributed by atoms with Crippen LogP contribution in [0.15, 0.2) is 42.5 Å². The normalized spacial score (nSPS) is 12.4. The molecular weight excluding hydrogens is 225 g/mol. The second-order valence-corrected chi connectivity index (χ2v) is 4.74. The van der Waals surface area contributed by atoms with Gasteiger partial charge in [0.25, 0.3) is 0 Å².